The molecule has 59 heavy (non-hydrogen) atoms. The Balaban J connectivity index is 1.36. The van der Waals surface area contributed by atoms with Gasteiger partial charge >= 0.3 is 17.9 Å². The third-order valence-corrected chi connectivity index (χ3v) is 15.6. The van der Waals surface area contributed by atoms with Gasteiger partial charge in [-0.3, -0.25) is 19.4 Å². The number of likely N-dealkylation sites (N-methyl/N-ethyl adjacent to an activating group) is 1. The number of para-hydroxylation sites is 1. The number of ether oxygens (including phenoxy) is 4. The SMILES string of the molecule is CC[C@]1(O)C[C@H]2CN(CCc3c([nH]c4ccccc34)C(C(=O)OC)(c3cc4c(cc3OC)N(C)[C@@H]3C45CCN4CC=C[C@](CC)([C@H]45)[C@@H](OC(C)=O)[C@]3(O)C(=O)OC)C2)C1. The van der Waals surface area contributed by atoms with Crippen LogP contribution >= 0.6 is 0 Å². The molecule has 0 amide bonds. The Kier molecular flexibility index (Phi) is 9.36. The number of nitrogens with one attached hydrogen (secondary N) is 1. The van der Waals surface area contributed by atoms with Crippen LogP contribution in [0.2, 0.25) is 0 Å². The summed E-state index contributed by atoms with van der Waals surface area (Å²) in [5.41, 5.74) is -1.62. The van der Waals surface area contributed by atoms with Crippen LogP contribution < -0.4 is 9.64 Å². The van der Waals surface area contributed by atoms with E-state index in [0.717, 1.165) is 33.4 Å². The van der Waals surface area contributed by atoms with E-state index in [1.54, 1.807) is 7.11 Å². The average molecular weight is 811 g/mol. The normalized spacial score (nSPS) is 37.0. The molecule has 2 bridgehead atoms. The van der Waals surface area contributed by atoms with Crippen molar-refractivity contribution in [2.24, 2.45) is 11.3 Å². The molecule has 3 aromatic rings. The fourth-order valence-electron chi connectivity index (χ4n) is 13.5. The molecule has 10 atom stereocenters. The number of methoxy groups -OCH3 is 3. The van der Waals surface area contributed by atoms with Crippen molar-refractivity contribution in [3.8, 4) is 5.75 Å². The number of carbonyl (C=O) groups excluding carboxylic acids is 3. The summed E-state index contributed by atoms with van der Waals surface area (Å²) in [7, 11) is 6.15. The highest BCUT2D eigenvalue weighted by atomic mass is 16.6. The Morgan fingerprint density at radius 3 is 2.41 bits per heavy atom. The fraction of sp³-hybridized carbons (Fsp3) is 0.587. The van der Waals surface area contributed by atoms with E-state index in [4.69, 9.17) is 18.9 Å². The van der Waals surface area contributed by atoms with Crippen LogP contribution in [-0.4, -0.2) is 133 Å². The Bertz CT molecular complexity index is 2260. The van der Waals surface area contributed by atoms with Gasteiger partial charge in [-0.2, -0.15) is 0 Å². The van der Waals surface area contributed by atoms with E-state index in [2.05, 4.69) is 39.1 Å². The highest BCUT2D eigenvalue weighted by Gasteiger charge is 2.80. The van der Waals surface area contributed by atoms with Gasteiger partial charge in [0.1, 0.15) is 11.2 Å². The van der Waals surface area contributed by atoms with E-state index in [-0.39, 0.29) is 12.0 Å². The lowest BCUT2D eigenvalue weighted by Gasteiger charge is -2.63. The fourth-order valence-corrected chi connectivity index (χ4v) is 13.5. The lowest BCUT2D eigenvalue weighted by Crippen LogP contribution is -2.81. The molecule has 1 spiro atoms. The first-order chi connectivity index (χ1) is 28.2. The number of hydrogen-bond donors (Lipinski definition) is 3. The molecule has 1 aromatic heterocycles. The Hall–Kier alpha value is -4.43. The minimum Gasteiger partial charge on any atom is -0.496 e. The number of hydrogen-bond acceptors (Lipinski definition) is 12. The molecule has 3 N–H and O–H groups in total. The van der Waals surface area contributed by atoms with Crippen LogP contribution in [0.15, 0.2) is 48.6 Å². The second-order valence-corrected chi connectivity index (χ2v) is 18.2. The number of aromatic amines is 1. The van der Waals surface area contributed by atoms with E-state index in [1.165, 1.54) is 21.1 Å². The van der Waals surface area contributed by atoms with Crippen molar-refractivity contribution in [2.45, 2.75) is 99.5 Å². The number of benzene rings is 2. The van der Waals surface area contributed by atoms with Crippen molar-refractivity contribution >= 4 is 34.5 Å². The highest BCUT2D eigenvalue weighted by molar-refractivity contribution is 5.95. The second kappa shape index (κ2) is 13.8. The van der Waals surface area contributed by atoms with Crippen LogP contribution in [0.1, 0.15) is 75.3 Å². The molecule has 316 valence electrons. The molecule has 2 aromatic carbocycles. The van der Waals surface area contributed by atoms with Crippen molar-refractivity contribution in [1.29, 1.82) is 0 Å². The van der Waals surface area contributed by atoms with E-state index < -0.39 is 57.5 Å². The van der Waals surface area contributed by atoms with E-state index in [1.807, 2.05) is 50.1 Å². The van der Waals surface area contributed by atoms with Gasteiger partial charge in [-0.25, -0.2) is 4.79 Å². The van der Waals surface area contributed by atoms with Gasteiger partial charge in [0.15, 0.2) is 6.10 Å². The molecule has 5 aliphatic heterocycles. The molecular formula is C46H58N4O9. The molecular weight excluding hydrogens is 753 g/mol. The van der Waals surface area contributed by atoms with Gasteiger partial charge in [0.2, 0.25) is 5.60 Å². The van der Waals surface area contributed by atoms with E-state index >= 15 is 4.79 Å². The minimum absolute atomic E-state index is 0.0986. The van der Waals surface area contributed by atoms with Gasteiger partial charge in [0, 0.05) is 90.9 Å². The molecule has 0 radical (unpaired) electrons. The summed E-state index contributed by atoms with van der Waals surface area (Å²) in [5.74, 6) is -1.56. The first-order valence-electron chi connectivity index (χ1n) is 21.2. The maximum absolute atomic E-state index is 15.3. The Morgan fingerprint density at radius 1 is 0.949 bits per heavy atom. The summed E-state index contributed by atoms with van der Waals surface area (Å²) in [6.45, 7) is 8.62. The van der Waals surface area contributed by atoms with Crippen molar-refractivity contribution in [2.75, 3.05) is 66.0 Å². The smallest absolute Gasteiger partial charge is 0.344 e. The van der Waals surface area contributed by atoms with E-state index in [0.29, 0.717) is 82.6 Å². The van der Waals surface area contributed by atoms with Gasteiger partial charge in [-0.05, 0) is 74.2 Å². The third kappa shape index (κ3) is 5.20. The molecule has 6 heterocycles. The van der Waals surface area contributed by atoms with Crippen LogP contribution in [0.4, 0.5) is 5.69 Å². The molecule has 2 saturated heterocycles. The van der Waals surface area contributed by atoms with Crippen LogP contribution in [0.25, 0.3) is 10.9 Å². The molecule has 13 heteroatoms. The highest BCUT2D eigenvalue weighted by Crippen LogP contribution is 2.68. The maximum atomic E-state index is 15.3. The van der Waals surface area contributed by atoms with Crippen LogP contribution in [-0.2, 0) is 45.8 Å². The maximum Gasteiger partial charge on any atom is 0.344 e. The Morgan fingerprint density at radius 2 is 1.71 bits per heavy atom. The van der Waals surface area contributed by atoms with Crippen molar-refractivity contribution in [1.82, 2.24) is 14.8 Å². The predicted molar refractivity (Wildman–Crippen MR) is 220 cm³/mol. The molecule has 1 aliphatic carbocycles. The van der Waals surface area contributed by atoms with Gasteiger partial charge in [0.05, 0.1) is 33.0 Å². The number of esters is 3. The monoisotopic (exact) mass is 810 g/mol. The summed E-state index contributed by atoms with van der Waals surface area (Å²) in [6, 6.07) is 11.0. The van der Waals surface area contributed by atoms with E-state index in [9.17, 15) is 19.8 Å². The number of H-pyrrole nitrogens is 1. The summed E-state index contributed by atoms with van der Waals surface area (Å²) in [6.07, 6.45) is 5.94. The standard InChI is InChI=1S/C46H58N4O9/c1-8-42(54)23-28-24-45(40(52)57-6,36-30(15-19-49(25-28)26-42)29-13-10-11-14-33(29)47-36)32-21-31-34(22-35(32)56-5)48(4)38-44(31)17-20-50-18-12-16-43(9-2,37(44)50)39(59-27(3)51)46(38,55)41(53)58-7/h10-14,16,21-22,28,37-39,47,54-55H,8-9,15,17-20,23-26H2,1-7H3/t28-,37+,38-,39-,42+,43-,44?,45?,46+/m1/s1. The van der Waals surface area contributed by atoms with Crippen molar-refractivity contribution in [3.05, 3.63) is 70.9 Å². The number of aromatic nitrogens is 1. The summed E-state index contributed by atoms with van der Waals surface area (Å²) in [4.78, 5) is 53.2. The molecule has 3 unspecified atom stereocenters. The molecule has 9 rings (SSSR count). The number of piperidine rings is 1. The molecule has 1 saturated carbocycles. The zero-order valence-electron chi connectivity index (χ0n) is 35.3. The number of nitrogens with zero attached hydrogens (tertiary/aromatic N) is 3. The first kappa shape index (κ1) is 40.0. The molecule has 13 nitrogen and oxygen atoms in total. The number of fused-ring (bicyclic) bond motifs is 6. The van der Waals surface area contributed by atoms with Crippen LogP contribution in [0.3, 0.4) is 0 Å². The van der Waals surface area contributed by atoms with Gasteiger partial charge in [0.25, 0.3) is 0 Å². The second-order valence-electron chi connectivity index (χ2n) is 18.2. The third-order valence-electron chi connectivity index (χ3n) is 15.6. The summed E-state index contributed by atoms with van der Waals surface area (Å²) >= 11 is 0. The van der Waals surface area contributed by atoms with Gasteiger partial charge in [-0.15, -0.1) is 0 Å². The molecule has 6 aliphatic rings. The largest absolute Gasteiger partial charge is 0.496 e. The number of aliphatic hydroxyl groups is 2. The lowest BCUT2D eigenvalue weighted by atomic mass is 9.47. The lowest BCUT2D eigenvalue weighted by molar-refractivity contribution is -0.228. The summed E-state index contributed by atoms with van der Waals surface area (Å²) < 4.78 is 23.9. The van der Waals surface area contributed by atoms with Crippen molar-refractivity contribution < 1.29 is 43.5 Å². The van der Waals surface area contributed by atoms with Gasteiger partial charge < -0.3 is 39.0 Å². The van der Waals surface area contributed by atoms with Crippen LogP contribution in [0.5, 0.6) is 5.75 Å². The average Bonchev–Trinajstić information content (AvgIpc) is 3.90. The van der Waals surface area contributed by atoms with Crippen LogP contribution in [0, 0.1) is 11.3 Å². The number of carbonyl (C=O) groups is 3. The first-order valence-corrected chi connectivity index (χ1v) is 21.2. The topological polar surface area (TPSA) is 154 Å². The quantitative estimate of drug-likeness (QED) is 0.180. The zero-order chi connectivity index (χ0) is 41.9. The zero-order valence-corrected chi connectivity index (χ0v) is 35.3. The predicted octanol–water partition coefficient (Wildman–Crippen LogP) is 3.99. The number of rotatable bonds is 7. The van der Waals surface area contributed by atoms with Gasteiger partial charge in [-0.1, -0.05) is 44.2 Å². The minimum atomic E-state index is -2.30. The summed E-state index contributed by atoms with van der Waals surface area (Å²) in [5, 5.41) is 26.3. The van der Waals surface area contributed by atoms with Crippen molar-refractivity contribution in [3.63, 3.8) is 0 Å². The number of anilines is 1. The Labute approximate surface area is 345 Å². The molecule has 3 fully saturated rings.